The second-order valence-corrected chi connectivity index (χ2v) is 10.8. The Morgan fingerprint density at radius 2 is 1.82 bits per heavy atom. The quantitative estimate of drug-likeness (QED) is 0.174. The highest BCUT2D eigenvalue weighted by Gasteiger charge is 2.35. The van der Waals surface area contributed by atoms with E-state index in [9.17, 15) is 4.79 Å². The maximum absolute atomic E-state index is 13.3. The number of aromatic nitrogens is 3. The van der Waals surface area contributed by atoms with Crippen LogP contribution < -0.4 is 10.1 Å². The van der Waals surface area contributed by atoms with E-state index in [1.807, 2.05) is 87.5 Å². The van der Waals surface area contributed by atoms with Crippen molar-refractivity contribution in [2.45, 2.75) is 50.4 Å². The fourth-order valence-corrected chi connectivity index (χ4v) is 5.20. The van der Waals surface area contributed by atoms with Gasteiger partial charge in [-0.15, -0.1) is 5.10 Å². The molecule has 200 valence electrons. The lowest BCUT2D eigenvalue weighted by Crippen LogP contribution is -2.30. The van der Waals surface area contributed by atoms with Crippen LogP contribution >= 0.6 is 23.4 Å². The van der Waals surface area contributed by atoms with Crippen LogP contribution in [0.4, 0.5) is 5.95 Å². The third-order valence-corrected chi connectivity index (χ3v) is 7.26. The Kier molecular flexibility index (Phi) is 8.24. The van der Waals surface area contributed by atoms with Crippen LogP contribution in [0.5, 0.6) is 5.75 Å². The minimum absolute atomic E-state index is 0.262. The number of fused-ring (bicyclic) bond motifs is 1. The Morgan fingerprint density at radius 3 is 2.56 bits per heavy atom. The first-order valence-electron chi connectivity index (χ1n) is 12.7. The van der Waals surface area contributed by atoms with Crippen LogP contribution in [0, 0.1) is 0 Å². The van der Waals surface area contributed by atoms with Crippen molar-refractivity contribution in [2.24, 2.45) is 0 Å². The maximum Gasteiger partial charge on any atom is 0.338 e. The number of halogens is 1. The van der Waals surface area contributed by atoms with Crippen molar-refractivity contribution in [3.63, 3.8) is 0 Å². The Hall–Kier alpha value is -3.75. The van der Waals surface area contributed by atoms with Gasteiger partial charge in [0.15, 0.2) is 0 Å². The molecule has 0 radical (unpaired) electrons. The van der Waals surface area contributed by atoms with Crippen LogP contribution in [0.2, 0.25) is 5.02 Å². The first kappa shape index (κ1) is 26.8. The summed E-state index contributed by atoms with van der Waals surface area (Å²) in [5.41, 5.74) is 4.18. The van der Waals surface area contributed by atoms with E-state index in [0.29, 0.717) is 39.8 Å². The minimum atomic E-state index is -0.537. The predicted octanol–water partition coefficient (Wildman–Crippen LogP) is 7.04. The molecule has 0 saturated carbocycles. The number of allylic oxidation sites excluding steroid dienone is 1. The lowest BCUT2D eigenvalue weighted by Gasteiger charge is -2.28. The van der Waals surface area contributed by atoms with Crippen molar-refractivity contribution >= 4 is 35.3 Å². The van der Waals surface area contributed by atoms with Gasteiger partial charge in [0.25, 0.3) is 0 Å². The summed E-state index contributed by atoms with van der Waals surface area (Å²) >= 11 is 7.55. The zero-order valence-electron chi connectivity index (χ0n) is 21.9. The SMILES string of the molecule is CC1=C(C(=O)OC(C)C)C(c2cccc(OCc3ccc(Cl)cc3)c2)n2nc(SCc3ccccc3)nc2N1. The molecule has 1 N–H and O–H groups in total. The third-order valence-electron chi connectivity index (χ3n) is 6.10. The van der Waals surface area contributed by atoms with Crippen molar-refractivity contribution in [3.8, 4) is 5.75 Å². The van der Waals surface area contributed by atoms with Gasteiger partial charge in [0.1, 0.15) is 18.4 Å². The normalized spacial score (nSPS) is 14.6. The summed E-state index contributed by atoms with van der Waals surface area (Å²) < 4.78 is 13.5. The van der Waals surface area contributed by atoms with Crippen LogP contribution in [0.25, 0.3) is 0 Å². The number of hydrogen-bond acceptors (Lipinski definition) is 7. The predicted molar refractivity (Wildman–Crippen MR) is 154 cm³/mol. The van der Waals surface area contributed by atoms with Gasteiger partial charge in [-0.1, -0.05) is 78.0 Å². The summed E-state index contributed by atoms with van der Waals surface area (Å²) in [6.07, 6.45) is -0.262. The summed E-state index contributed by atoms with van der Waals surface area (Å²) in [6.45, 7) is 5.92. The highest BCUT2D eigenvalue weighted by Crippen LogP contribution is 2.38. The van der Waals surface area contributed by atoms with Crippen LogP contribution in [-0.4, -0.2) is 26.8 Å². The fourth-order valence-electron chi connectivity index (χ4n) is 4.29. The topological polar surface area (TPSA) is 78.3 Å². The van der Waals surface area contributed by atoms with Gasteiger partial charge in [0.05, 0.1) is 11.7 Å². The van der Waals surface area contributed by atoms with E-state index in [-0.39, 0.29) is 6.10 Å². The van der Waals surface area contributed by atoms with Crippen molar-refractivity contribution in [1.82, 2.24) is 14.8 Å². The molecule has 0 amide bonds. The molecule has 0 saturated heterocycles. The van der Waals surface area contributed by atoms with Gasteiger partial charge in [-0.3, -0.25) is 0 Å². The average molecular weight is 561 g/mol. The molecule has 3 aromatic carbocycles. The number of rotatable bonds is 9. The maximum atomic E-state index is 13.3. The van der Waals surface area contributed by atoms with E-state index >= 15 is 0 Å². The zero-order valence-corrected chi connectivity index (χ0v) is 23.5. The first-order chi connectivity index (χ1) is 18.9. The van der Waals surface area contributed by atoms with Crippen molar-refractivity contribution in [1.29, 1.82) is 0 Å². The molecule has 1 aliphatic rings. The number of hydrogen-bond donors (Lipinski definition) is 1. The molecule has 9 heteroatoms. The highest BCUT2D eigenvalue weighted by atomic mass is 35.5. The van der Waals surface area contributed by atoms with Crippen LogP contribution in [-0.2, 0) is 21.9 Å². The molecule has 2 heterocycles. The van der Waals surface area contributed by atoms with E-state index in [1.54, 1.807) is 16.4 Å². The third kappa shape index (κ3) is 6.46. The van der Waals surface area contributed by atoms with Gasteiger partial charge in [0, 0.05) is 16.5 Å². The molecule has 39 heavy (non-hydrogen) atoms. The molecule has 4 aromatic rings. The molecule has 1 aliphatic heterocycles. The number of nitrogens with one attached hydrogen (secondary N) is 1. The monoisotopic (exact) mass is 560 g/mol. The first-order valence-corrected chi connectivity index (χ1v) is 14.0. The van der Waals surface area contributed by atoms with Gasteiger partial charge in [-0.05, 0) is 61.7 Å². The Labute approximate surface area is 237 Å². The lowest BCUT2D eigenvalue weighted by molar-refractivity contribution is -0.143. The number of carbonyl (C=O) groups excluding carboxylic acids is 1. The number of thioether (sulfide) groups is 1. The van der Waals surface area contributed by atoms with E-state index in [4.69, 9.17) is 31.2 Å². The van der Waals surface area contributed by atoms with E-state index < -0.39 is 12.0 Å². The largest absolute Gasteiger partial charge is 0.489 e. The van der Waals surface area contributed by atoms with Crippen LogP contribution in [0.1, 0.15) is 43.5 Å². The molecule has 1 aromatic heterocycles. The molecule has 5 rings (SSSR count). The van der Waals surface area contributed by atoms with Crippen LogP contribution in [0.15, 0.2) is 95.3 Å². The molecular weight excluding hydrogens is 532 g/mol. The Morgan fingerprint density at radius 1 is 1.05 bits per heavy atom. The highest BCUT2D eigenvalue weighted by molar-refractivity contribution is 7.98. The van der Waals surface area contributed by atoms with Crippen molar-refractivity contribution < 1.29 is 14.3 Å². The van der Waals surface area contributed by atoms with Gasteiger partial charge in [0.2, 0.25) is 11.1 Å². The fraction of sp³-hybridized carbons (Fsp3) is 0.233. The van der Waals surface area contributed by atoms with Gasteiger partial charge < -0.3 is 14.8 Å². The second-order valence-electron chi connectivity index (χ2n) is 9.44. The molecule has 1 atom stereocenters. The van der Waals surface area contributed by atoms with Crippen molar-refractivity contribution in [3.05, 3.63) is 112 Å². The van der Waals surface area contributed by atoms with E-state index in [1.165, 1.54) is 5.56 Å². The van der Waals surface area contributed by atoms with Crippen molar-refractivity contribution in [2.75, 3.05) is 5.32 Å². The number of esters is 1. The summed E-state index contributed by atoms with van der Waals surface area (Å²) in [6, 6.07) is 24.9. The number of carbonyl (C=O) groups is 1. The molecule has 7 nitrogen and oxygen atoms in total. The summed E-state index contributed by atoms with van der Waals surface area (Å²) in [5.74, 6) is 1.58. The molecule has 0 spiro atoms. The number of ether oxygens (including phenoxy) is 2. The summed E-state index contributed by atoms with van der Waals surface area (Å²) in [7, 11) is 0. The molecule has 1 unspecified atom stereocenters. The second kappa shape index (κ2) is 12.0. The molecule has 0 bridgehead atoms. The molecular formula is C30H29ClN4O3S. The average Bonchev–Trinajstić information content (AvgIpc) is 3.33. The van der Waals surface area contributed by atoms with E-state index in [0.717, 1.165) is 16.9 Å². The Bertz CT molecular complexity index is 1490. The smallest absolute Gasteiger partial charge is 0.338 e. The lowest BCUT2D eigenvalue weighted by atomic mass is 9.95. The molecule has 0 fully saturated rings. The number of anilines is 1. The Balaban J connectivity index is 1.46. The number of nitrogens with zero attached hydrogens (tertiary/aromatic N) is 3. The van der Waals surface area contributed by atoms with Gasteiger partial charge in [-0.25, -0.2) is 9.48 Å². The number of benzene rings is 3. The summed E-state index contributed by atoms with van der Waals surface area (Å²) in [4.78, 5) is 18.1. The standard InChI is InChI=1S/C30H29ClN4O3S/c1-19(2)38-28(36)26-20(3)32-29-33-30(39-18-22-8-5-4-6-9-22)34-35(29)27(26)23-10-7-11-25(16-23)37-17-21-12-14-24(31)15-13-21/h4-16,19,27H,17-18H2,1-3H3,(H,32,33,34). The minimum Gasteiger partial charge on any atom is -0.489 e. The zero-order chi connectivity index (χ0) is 27.4. The van der Waals surface area contributed by atoms with Gasteiger partial charge >= 0.3 is 5.97 Å². The summed E-state index contributed by atoms with van der Waals surface area (Å²) in [5, 5.41) is 9.37. The van der Waals surface area contributed by atoms with Crippen LogP contribution in [0.3, 0.4) is 0 Å². The molecule has 0 aliphatic carbocycles. The van der Waals surface area contributed by atoms with Gasteiger partial charge in [-0.2, -0.15) is 4.98 Å². The van der Waals surface area contributed by atoms with E-state index in [2.05, 4.69) is 17.4 Å².